The zero-order valence-electron chi connectivity index (χ0n) is 20.0. The summed E-state index contributed by atoms with van der Waals surface area (Å²) in [4.78, 5) is 26.1. The van der Waals surface area contributed by atoms with E-state index in [1.165, 1.54) is 11.1 Å². The predicted octanol–water partition coefficient (Wildman–Crippen LogP) is 3.44. The molecule has 1 aliphatic heterocycles. The van der Waals surface area contributed by atoms with E-state index in [1.807, 2.05) is 40.9 Å². The Morgan fingerprint density at radius 3 is 2.74 bits per heavy atom. The summed E-state index contributed by atoms with van der Waals surface area (Å²) >= 11 is 0. The van der Waals surface area contributed by atoms with E-state index in [1.54, 1.807) is 24.7 Å². The molecule has 3 heterocycles. The highest BCUT2D eigenvalue weighted by Crippen LogP contribution is 2.19. The molecule has 176 valence electrons. The molecule has 0 atom stereocenters. The van der Waals surface area contributed by atoms with Crippen LogP contribution >= 0.6 is 0 Å². The summed E-state index contributed by atoms with van der Waals surface area (Å²) < 4.78 is 1.88. The number of rotatable bonds is 4. The lowest BCUT2D eigenvalue weighted by molar-refractivity contribution is 0.102. The first-order valence-electron chi connectivity index (χ1n) is 11.8. The molecule has 35 heavy (non-hydrogen) atoms. The molecule has 2 aromatic heterocycles. The van der Waals surface area contributed by atoms with Crippen LogP contribution in [-0.4, -0.2) is 63.3 Å². The summed E-state index contributed by atoms with van der Waals surface area (Å²) in [6, 6.07) is 13.5. The van der Waals surface area contributed by atoms with Crippen molar-refractivity contribution in [2.45, 2.75) is 13.5 Å². The summed E-state index contributed by atoms with van der Waals surface area (Å²) in [5.41, 5.74) is 6.13. The van der Waals surface area contributed by atoms with Gasteiger partial charge in [0.25, 0.3) is 5.91 Å². The highest BCUT2D eigenvalue weighted by molar-refractivity contribution is 6.04. The number of amides is 1. The van der Waals surface area contributed by atoms with Crippen molar-refractivity contribution in [3.8, 4) is 11.8 Å². The average molecular weight is 465 g/mol. The quantitative estimate of drug-likeness (QED) is 0.469. The average Bonchev–Trinajstić information content (AvgIpc) is 3.29. The van der Waals surface area contributed by atoms with Gasteiger partial charge in [-0.05, 0) is 61.4 Å². The minimum absolute atomic E-state index is 0.152. The van der Waals surface area contributed by atoms with Crippen molar-refractivity contribution in [2.75, 3.05) is 38.5 Å². The minimum Gasteiger partial charge on any atom is -0.322 e. The number of nitrogens with one attached hydrogen (secondary N) is 1. The number of carbonyl (C=O) groups excluding carboxylic acids is 1. The number of hydrogen-bond donors (Lipinski definition) is 1. The number of aryl methyl sites for hydroxylation is 1. The third-order valence-electron chi connectivity index (χ3n) is 6.37. The number of anilines is 1. The van der Waals surface area contributed by atoms with Crippen molar-refractivity contribution in [2.24, 2.45) is 0 Å². The molecular weight excluding hydrogens is 436 g/mol. The van der Waals surface area contributed by atoms with E-state index in [-0.39, 0.29) is 5.91 Å². The van der Waals surface area contributed by atoms with Gasteiger partial charge in [-0.1, -0.05) is 18.1 Å². The molecule has 1 saturated heterocycles. The summed E-state index contributed by atoms with van der Waals surface area (Å²) in [5, 5.41) is 3.03. The molecule has 7 nitrogen and oxygen atoms in total. The van der Waals surface area contributed by atoms with Crippen LogP contribution in [0.1, 0.15) is 32.7 Å². The maximum atomic E-state index is 12.9. The van der Waals surface area contributed by atoms with Gasteiger partial charge in [-0.2, -0.15) is 0 Å². The first kappa shape index (κ1) is 22.8. The highest BCUT2D eigenvalue weighted by atomic mass is 16.1. The highest BCUT2D eigenvalue weighted by Gasteiger charge is 2.15. The van der Waals surface area contributed by atoms with Crippen LogP contribution in [0.2, 0.25) is 0 Å². The Labute approximate surface area is 205 Å². The van der Waals surface area contributed by atoms with Gasteiger partial charge in [-0.25, -0.2) is 4.98 Å². The number of benzene rings is 2. The molecule has 0 unspecified atom stereocenters. The molecule has 7 heteroatoms. The summed E-state index contributed by atoms with van der Waals surface area (Å²) in [5.74, 6) is 6.12. The fraction of sp³-hybridized carbons (Fsp3) is 0.250. The van der Waals surface area contributed by atoms with Crippen molar-refractivity contribution in [1.82, 2.24) is 24.2 Å². The molecule has 0 spiro atoms. The van der Waals surface area contributed by atoms with Crippen molar-refractivity contribution >= 4 is 17.2 Å². The van der Waals surface area contributed by atoms with Gasteiger partial charge >= 0.3 is 0 Å². The molecule has 1 amide bonds. The number of likely N-dealkylation sites (N-methyl/N-ethyl adjacent to an activating group) is 1. The number of nitrogens with zero attached hydrogens (tertiary/aromatic N) is 5. The standard InChI is InChI=1S/C28H28N6O/c1-21-16-25(8-7-24(21)20-33-14-12-32(2)13-15-33)31-28(35)23-5-3-4-22(17-23)6-9-26-18-30-27-19-29-10-11-34(26)27/h3-5,7-8,10-11,16-19H,12-15,20H2,1-2H3,(H,31,35). The third-order valence-corrected chi connectivity index (χ3v) is 6.37. The van der Waals surface area contributed by atoms with Gasteiger partial charge in [0, 0.05) is 61.9 Å². The maximum Gasteiger partial charge on any atom is 0.255 e. The predicted molar refractivity (Wildman–Crippen MR) is 137 cm³/mol. The molecular formula is C28H28N6O. The van der Waals surface area contributed by atoms with Crippen molar-refractivity contribution in [3.05, 3.63) is 95.2 Å². The van der Waals surface area contributed by atoms with Crippen molar-refractivity contribution in [1.29, 1.82) is 0 Å². The zero-order chi connectivity index (χ0) is 24.2. The first-order chi connectivity index (χ1) is 17.0. The Kier molecular flexibility index (Phi) is 6.57. The molecule has 0 bridgehead atoms. The fourth-order valence-electron chi connectivity index (χ4n) is 4.21. The van der Waals surface area contributed by atoms with E-state index in [0.29, 0.717) is 5.56 Å². The van der Waals surface area contributed by atoms with E-state index in [9.17, 15) is 4.79 Å². The first-order valence-corrected chi connectivity index (χ1v) is 11.8. The van der Waals surface area contributed by atoms with Gasteiger partial charge in [0.15, 0.2) is 5.65 Å². The van der Waals surface area contributed by atoms with Crippen molar-refractivity contribution in [3.63, 3.8) is 0 Å². The van der Waals surface area contributed by atoms with Gasteiger partial charge in [0.05, 0.1) is 12.4 Å². The number of aromatic nitrogens is 3. The molecule has 1 N–H and O–H groups in total. The van der Waals surface area contributed by atoms with Crippen LogP contribution in [-0.2, 0) is 6.54 Å². The Hall–Kier alpha value is -3.99. The smallest absolute Gasteiger partial charge is 0.255 e. The fourth-order valence-corrected chi connectivity index (χ4v) is 4.21. The summed E-state index contributed by atoms with van der Waals surface area (Å²) in [7, 11) is 2.17. The van der Waals surface area contributed by atoms with E-state index < -0.39 is 0 Å². The minimum atomic E-state index is -0.152. The van der Waals surface area contributed by atoms with Gasteiger partial charge in [-0.15, -0.1) is 0 Å². The topological polar surface area (TPSA) is 65.8 Å². The number of carbonyl (C=O) groups is 1. The second-order valence-corrected chi connectivity index (χ2v) is 8.95. The van der Waals surface area contributed by atoms with Gasteiger partial charge in [-0.3, -0.25) is 19.1 Å². The Bertz CT molecular complexity index is 1420. The molecule has 1 aliphatic rings. The van der Waals surface area contributed by atoms with Crippen LogP contribution in [0, 0.1) is 18.8 Å². The van der Waals surface area contributed by atoms with E-state index >= 15 is 0 Å². The molecule has 0 saturated carbocycles. The van der Waals surface area contributed by atoms with E-state index in [4.69, 9.17) is 0 Å². The van der Waals surface area contributed by atoms with Crippen molar-refractivity contribution < 1.29 is 4.79 Å². The van der Waals surface area contributed by atoms with E-state index in [0.717, 1.165) is 55.3 Å². The normalized spacial score (nSPS) is 14.5. The van der Waals surface area contributed by atoms with Crippen LogP contribution in [0.15, 0.2) is 67.3 Å². The van der Waals surface area contributed by atoms with Crippen LogP contribution in [0.25, 0.3) is 5.65 Å². The monoisotopic (exact) mass is 464 g/mol. The van der Waals surface area contributed by atoms with Gasteiger partial charge < -0.3 is 10.2 Å². The Morgan fingerprint density at radius 2 is 1.91 bits per heavy atom. The third kappa shape index (κ3) is 5.40. The number of piperazine rings is 1. The van der Waals surface area contributed by atoms with E-state index in [2.05, 4.69) is 57.0 Å². The molecule has 1 fully saturated rings. The second-order valence-electron chi connectivity index (χ2n) is 8.95. The number of hydrogen-bond acceptors (Lipinski definition) is 5. The molecule has 0 radical (unpaired) electrons. The molecule has 0 aliphatic carbocycles. The van der Waals surface area contributed by atoms with Crippen LogP contribution in [0.5, 0.6) is 0 Å². The molecule has 2 aromatic carbocycles. The number of imidazole rings is 1. The maximum absolute atomic E-state index is 12.9. The Morgan fingerprint density at radius 1 is 1.06 bits per heavy atom. The summed E-state index contributed by atoms with van der Waals surface area (Å²) in [6.45, 7) is 7.43. The van der Waals surface area contributed by atoms with Gasteiger partial charge in [0.2, 0.25) is 0 Å². The Balaban J connectivity index is 1.26. The molecule has 5 rings (SSSR count). The summed E-state index contributed by atoms with van der Waals surface area (Å²) in [6.07, 6.45) is 6.94. The lowest BCUT2D eigenvalue weighted by Crippen LogP contribution is -2.43. The van der Waals surface area contributed by atoms with Crippen LogP contribution in [0.3, 0.4) is 0 Å². The lowest BCUT2D eigenvalue weighted by atomic mass is 10.1. The molecule has 4 aromatic rings. The second kappa shape index (κ2) is 10.1. The number of fused-ring (bicyclic) bond motifs is 1. The van der Waals surface area contributed by atoms with Crippen LogP contribution < -0.4 is 5.32 Å². The SMILES string of the molecule is Cc1cc(NC(=O)c2cccc(C#Cc3cnc4cnccn34)c2)ccc1CN1CCN(C)CC1. The van der Waals surface area contributed by atoms with Crippen LogP contribution in [0.4, 0.5) is 5.69 Å². The largest absolute Gasteiger partial charge is 0.322 e. The zero-order valence-corrected chi connectivity index (χ0v) is 20.0. The lowest BCUT2D eigenvalue weighted by Gasteiger charge is -2.32. The van der Waals surface area contributed by atoms with Gasteiger partial charge in [0.1, 0.15) is 5.69 Å².